The third kappa shape index (κ3) is 2.59. The Morgan fingerprint density at radius 2 is 1.95 bits per heavy atom. The van der Waals surface area contributed by atoms with Crippen LogP contribution in [0.4, 0.5) is 17.1 Å². The van der Waals surface area contributed by atoms with Gasteiger partial charge in [0.25, 0.3) is 5.69 Å². The lowest BCUT2D eigenvalue weighted by atomic mass is 9.98. The molecule has 0 saturated carbocycles. The number of carboxylic acid groups (broad SMARTS) is 1. The van der Waals surface area contributed by atoms with Gasteiger partial charge in [-0.3, -0.25) is 20.2 Å². The fourth-order valence-corrected chi connectivity index (χ4v) is 1.77. The van der Waals surface area contributed by atoms with Crippen molar-refractivity contribution in [1.29, 1.82) is 0 Å². The maximum atomic E-state index is 11.1. The fraction of sp³-hybridized carbons (Fsp3) is 0.300. The molecule has 1 rings (SSSR count). The number of carbonyl (C=O) groups is 1. The van der Waals surface area contributed by atoms with Gasteiger partial charge in [0.15, 0.2) is 5.69 Å². The Balaban J connectivity index is 3.77. The van der Waals surface area contributed by atoms with E-state index in [1.807, 2.05) is 0 Å². The number of benzene rings is 1. The molecular formula is C10H11N3O6. The maximum Gasteiger partial charge on any atom is 0.336 e. The highest BCUT2D eigenvalue weighted by Gasteiger charge is 2.31. The second-order valence-electron chi connectivity index (χ2n) is 3.75. The van der Waals surface area contributed by atoms with Gasteiger partial charge in [-0.2, -0.15) is 0 Å². The summed E-state index contributed by atoms with van der Waals surface area (Å²) in [5, 5.41) is 30.7. The van der Waals surface area contributed by atoms with E-state index in [-0.39, 0.29) is 12.0 Å². The van der Waals surface area contributed by atoms with E-state index in [0.29, 0.717) is 6.42 Å². The zero-order valence-corrected chi connectivity index (χ0v) is 9.95. The molecule has 0 aliphatic heterocycles. The lowest BCUT2D eigenvalue weighted by Crippen LogP contribution is -2.11. The summed E-state index contributed by atoms with van der Waals surface area (Å²) < 4.78 is 0. The number of hydrogen-bond acceptors (Lipinski definition) is 6. The molecule has 19 heavy (non-hydrogen) atoms. The van der Waals surface area contributed by atoms with Crippen LogP contribution in [0.25, 0.3) is 0 Å². The molecule has 0 saturated heterocycles. The van der Waals surface area contributed by atoms with E-state index in [1.165, 1.54) is 0 Å². The number of nitrogen functional groups attached to an aromatic ring is 1. The van der Waals surface area contributed by atoms with Crippen LogP contribution in [0.2, 0.25) is 0 Å². The third-order valence-electron chi connectivity index (χ3n) is 2.53. The van der Waals surface area contributed by atoms with Crippen molar-refractivity contribution >= 4 is 23.0 Å². The molecule has 102 valence electrons. The number of nitrogens with two attached hydrogens (primary N) is 1. The first-order chi connectivity index (χ1) is 8.81. The zero-order valence-electron chi connectivity index (χ0n) is 9.95. The topological polar surface area (TPSA) is 150 Å². The largest absolute Gasteiger partial charge is 0.478 e. The van der Waals surface area contributed by atoms with Crippen LogP contribution in [0.1, 0.15) is 29.3 Å². The van der Waals surface area contributed by atoms with Gasteiger partial charge in [-0.25, -0.2) is 4.79 Å². The van der Waals surface area contributed by atoms with Gasteiger partial charge in [0.05, 0.1) is 15.4 Å². The first-order valence-electron chi connectivity index (χ1n) is 5.28. The Bertz CT molecular complexity index is 569. The lowest BCUT2D eigenvalue weighted by Gasteiger charge is -2.08. The number of hydrogen-bond donors (Lipinski definition) is 2. The van der Waals surface area contributed by atoms with Crippen LogP contribution in [0.5, 0.6) is 0 Å². The Hall–Kier alpha value is -2.71. The highest BCUT2D eigenvalue weighted by Crippen LogP contribution is 2.37. The van der Waals surface area contributed by atoms with Crippen LogP contribution in [-0.2, 0) is 6.42 Å². The van der Waals surface area contributed by atoms with Gasteiger partial charge >= 0.3 is 11.7 Å². The van der Waals surface area contributed by atoms with Gasteiger partial charge in [0.1, 0.15) is 0 Å². The molecule has 0 heterocycles. The molecule has 1 aromatic rings. The molecule has 0 spiro atoms. The Kier molecular flexibility index (Phi) is 4.00. The second kappa shape index (κ2) is 5.29. The van der Waals surface area contributed by atoms with Crippen molar-refractivity contribution in [3.8, 4) is 0 Å². The number of anilines is 1. The fourth-order valence-electron chi connectivity index (χ4n) is 1.77. The maximum absolute atomic E-state index is 11.1. The van der Waals surface area contributed by atoms with Gasteiger partial charge < -0.3 is 10.8 Å². The number of aromatic carboxylic acids is 1. The van der Waals surface area contributed by atoms with E-state index in [1.54, 1.807) is 6.92 Å². The van der Waals surface area contributed by atoms with Gasteiger partial charge in [-0.15, -0.1) is 0 Å². The van der Waals surface area contributed by atoms with Crippen LogP contribution >= 0.6 is 0 Å². The minimum Gasteiger partial charge on any atom is -0.478 e. The summed E-state index contributed by atoms with van der Waals surface area (Å²) in [7, 11) is 0. The molecule has 0 aliphatic carbocycles. The van der Waals surface area contributed by atoms with Crippen molar-refractivity contribution in [1.82, 2.24) is 0 Å². The van der Waals surface area contributed by atoms with Crippen molar-refractivity contribution in [2.45, 2.75) is 19.8 Å². The van der Waals surface area contributed by atoms with Crippen LogP contribution < -0.4 is 5.73 Å². The van der Waals surface area contributed by atoms with E-state index in [2.05, 4.69) is 0 Å². The molecule has 0 fully saturated rings. The SMILES string of the molecule is CCCc1c(C(=O)O)cc([N+](=O)[O-])c(N)c1[N+](=O)[O-]. The summed E-state index contributed by atoms with van der Waals surface area (Å²) in [6.45, 7) is 1.70. The van der Waals surface area contributed by atoms with Crippen LogP contribution in [0, 0.1) is 20.2 Å². The minimum absolute atomic E-state index is 0.0944. The molecule has 0 bridgehead atoms. The van der Waals surface area contributed by atoms with Crippen LogP contribution in [-0.4, -0.2) is 20.9 Å². The number of nitro benzene ring substituents is 2. The van der Waals surface area contributed by atoms with Gasteiger partial charge in [0, 0.05) is 11.6 Å². The van der Waals surface area contributed by atoms with E-state index >= 15 is 0 Å². The lowest BCUT2D eigenvalue weighted by molar-refractivity contribution is -0.392. The van der Waals surface area contributed by atoms with Gasteiger partial charge in [0.2, 0.25) is 0 Å². The van der Waals surface area contributed by atoms with Crippen molar-refractivity contribution in [3.63, 3.8) is 0 Å². The Morgan fingerprint density at radius 1 is 1.37 bits per heavy atom. The predicted molar refractivity (Wildman–Crippen MR) is 65.1 cm³/mol. The van der Waals surface area contributed by atoms with E-state index < -0.39 is 38.4 Å². The normalized spacial score (nSPS) is 10.2. The Labute approximate surface area is 106 Å². The van der Waals surface area contributed by atoms with Crippen LogP contribution in [0.3, 0.4) is 0 Å². The number of carboxylic acids is 1. The standard InChI is InChI=1S/C10H11N3O6/c1-2-3-5-6(10(14)15)4-7(12(16)17)8(11)9(5)13(18)19/h4H,2-3,11H2,1H3,(H,14,15). The average molecular weight is 269 g/mol. The van der Waals surface area contributed by atoms with Crippen LogP contribution in [0.15, 0.2) is 6.07 Å². The zero-order chi connectivity index (χ0) is 14.7. The highest BCUT2D eigenvalue weighted by molar-refractivity contribution is 5.94. The first kappa shape index (κ1) is 14.4. The molecule has 0 atom stereocenters. The molecular weight excluding hydrogens is 258 g/mol. The summed E-state index contributed by atoms with van der Waals surface area (Å²) in [5.74, 6) is -1.46. The van der Waals surface area contributed by atoms with Crippen molar-refractivity contribution in [2.75, 3.05) is 5.73 Å². The third-order valence-corrected chi connectivity index (χ3v) is 2.53. The molecule has 9 heteroatoms. The quantitative estimate of drug-likeness (QED) is 0.469. The second-order valence-corrected chi connectivity index (χ2v) is 3.75. The van der Waals surface area contributed by atoms with E-state index in [9.17, 15) is 25.0 Å². The molecule has 1 aromatic carbocycles. The highest BCUT2D eigenvalue weighted by atomic mass is 16.6. The minimum atomic E-state index is -1.46. The summed E-state index contributed by atoms with van der Waals surface area (Å²) >= 11 is 0. The average Bonchev–Trinajstić information content (AvgIpc) is 2.27. The van der Waals surface area contributed by atoms with Crippen molar-refractivity contribution in [2.24, 2.45) is 0 Å². The summed E-state index contributed by atoms with van der Waals surface area (Å²) in [6, 6.07) is 0.760. The first-order valence-corrected chi connectivity index (χ1v) is 5.28. The summed E-state index contributed by atoms with van der Waals surface area (Å²) in [5.41, 5.74) is 2.75. The number of nitro groups is 2. The van der Waals surface area contributed by atoms with Crippen molar-refractivity contribution < 1.29 is 19.7 Å². The summed E-state index contributed by atoms with van der Waals surface area (Å²) in [4.78, 5) is 31.0. The molecule has 0 aliphatic rings. The molecule has 0 aromatic heterocycles. The van der Waals surface area contributed by atoms with E-state index in [4.69, 9.17) is 10.8 Å². The molecule has 0 radical (unpaired) electrons. The molecule has 9 nitrogen and oxygen atoms in total. The summed E-state index contributed by atoms with van der Waals surface area (Å²) in [6.07, 6.45) is 0.540. The molecule has 3 N–H and O–H groups in total. The van der Waals surface area contributed by atoms with Gasteiger partial charge in [-0.05, 0) is 6.42 Å². The number of rotatable bonds is 5. The predicted octanol–water partition coefficient (Wildman–Crippen LogP) is 1.74. The molecule has 0 amide bonds. The van der Waals surface area contributed by atoms with Gasteiger partial charge in [-0.1, -0.05) is 13.3 Å². The van der Waals surface area contributed by atoms with Crippen molar-refractivity contribution in [3.05, 3.63) is 37.4 Å². The smallest absolute Gasteiger partial charge is 0.336 e. The monoisotopic (exact) mass is 269 g/mol. The molecule has 0 unspecified atom stereocenters. The van der Waals surface area contributed by atoms with E-state index in [0.717, 1.165) is 6.07 Å². The number of nitrogens with zero attached hydrogens (tertiary/aromatic N) is 2. The Morgan fingerprint density at radius 3 is 2.32 bits per heavy atom.